The average molecular weight is 524 g/mol. The van der Waals surface area contributed by atoms with E-state index in [1.807, 2.05) is 0 Å². The second-order valence-corrected chi connectivity index (χ2v) is 11.8. The van der Waals surface area contributed by atoms with E-state index < -0.39 is 0 Å². The molecule has 2 heteroatoms. The van der Waals surface area contributed by atoms with Gasteiger partial charge in [0.2, 0.25) is 0 Å². The number of nitrogens with zero attached hydrogens (tertiary/aromatic N) is 2. The van der Waals surface area contributed by atoms with E-state index in [4.69, 9.17) is 0 Å². The van der Waals surface area contributed by atoms with E-state index >= 15 is 0 Å². The largest absolute Gasteiger partial charge is 0.260 e. The minimum absolute atomic E-state index is 1.05. The number of rotatable bonds is 26. The number of hydrogen-bond acceptors (Lipinski definition) is 0. The smallest absolute Gasteiger partial charge is 0.234 e. The Morgan fingerprint density at radius 2 is 0.974 bits per heavy atom. The van der Waals surface area contributed by atoms with Crippen LogP contribution in [0, 0.1) is 0 Å². The second-order valence-electron chi connectivity index (χ2n) is 11.8. The molecule has 0 N–H and O–H groups in total. The van der Waals surface area contributed by atoms with Gasteiger partial charge in [0.15, 0.2) is 0 Å². The van der Waals surface area contributed by atoms with Crippen LogP contribution >= 0.6 is 0 Å². The van der Waals surface area contributed by atoms with Crippen LogP contribution in [0.15, 0.2) is 42.7 Å². The summed E-state index contributed by atoms with van der Waals surface area (Å²) in [5, 5.41) is 0. The first-order chi connectivity index (χ1) is 18.8. The molecule has 1 aromatic heterocycles. The van der Waals surface area contributed by atoms with E-state index in [0.29, 0.717) is 0 Å². The molecule has 216 valence electrons. The molecule has 38 heavy (non-hydrogen) atoms. The first-order valence-electron chi connectivity index (χ1n) is 17.0. The molecule has 0 aliphatic rings. The Bertz CT molecular complexity index is 719. The number of benzene rings is 1. The van der Waals surface area contributed by atoms with Gasteiger partial charge in [-0.1, -0.05) is 160 Å². The molecule has 0 aliphatic heterocycles. The molecule has 0 atom stereocenters. The molecular weight excluding hydrogens is 460 g/mol. The highest BCUT2D eigenvalue weighted by molar-refractivity contribution is 5.18. The van der Waals surface area contributed by atoms with Crippen LogP contribution in [0.2, 0.25) is 0 Å². The SMILES string of the molecule is CCCCCCCCCCCCCn1cc[n+](CCCCCCCCCCCCC)c1Cc1ccccc1. The van der Waals surface area contributed by atoms with E-state index in [0.717, 1.165) is 6.42 Å². The van der Waals surface area contributed by atoms with Gasteiger partial charge < -0.3 is 0 Å². The highest BCUT2D eigenvalue weighted by Gasteiger charge is 2.17. The number of aromatic nitrogens is 2. The topological polar surface area (TPSA) is 8.81 Å². The van der Waals surface area contributed by atoms with Crippen LogP contribution in [-0.4, -0.2) is 4.57 Å². The fourth-order valence-corrected chi connectivity index (χ4v) is 5.78. The van der Waals surface area contributed by atoms with Crippen molar-refractivity contribution in [3.63, 3.8) is 0 Å². The van der Waals surface area contributed by atoms with Crippen molar-refractivity contribution in [3.8, 4) is 0 Å². The second kappa shape index (κ2) is 23.3. The lowest BCUT2D eigenvalue weighted by atomic mass is 10.1. The molecule has 0 unspecified atom stereocenters. The maximum absolute atomic E-state index is 2.55. The Labute approximate surface area is 237 Å². The molecule has 1 heterocycles. The predicted octanol–water partition coefficient (Wildman–Crippen LogP) is 11.0. The van der Waals surface area contributed by atoms with Gasteiger partial charge in [-0.2, -0.15) is 0 Å². The van der Waals surface area contributed by atoms with E-state index in [1.54, 1.807) is 0 Å². The van der Waals surface area contributed by atoms with E-state index in [9.17, 15) is 0 Å². The molecule has 0 saturated carbocycles. The van der Waals surface area contributed by atoms with Crippen molar-refractivity contribution < 1.29 is 4.57 Å². The van der Waals surface area contributed by atoms with Crippen LogP contribution in [0.25, 0.3) is 0 Å². The lowest BCUT2D eigenvalue weighted by Gasteiger charge is -2.07. The Morgan fingerprint density at radius 3 is 1.47 bits per heavy atom. The highest BCUT2D eigenvalue weighted by Crippen LogP contribution is 2.14. The molecule has 0 amide bonds. The van der Waals surface area contributed by atoms with Crippen LogP contribution < -0.4 is 4.57 Å². The number of imidazole rings is 1. The summed E-state index contributed by atoms with van der Waals surface area (Å²) >= 11 is 0. The van der Waals surface area contributed by atoms with Crippen molar-refractivity contribution in [3.05, 3.63) is 54.1 Å². The van der Waals surface area contributed by atoms with Gasteiger partial charge in [-0.3, -0.25) is 0 Å². The fraction of sp³-hybridized carbons (Fsp3) is 0.750. The van der Waals surface area contributed by atoms with E-state index in [-0.39, 0.29) is 0 Å². The van der Waals surface area contributed by atoms with Crippen LogP contribution in [0.5, 0.6) is 0 Å². The fourth-order valence-electron chi connectivity index (χ4n) is 5.78. The summed E-state index contributed by atoms with van der Waals surface area (Å²) in [6.07, 6.45) is 36.8. The molecule has 0 aliphatic carbocycles. The quantitative estimate of drug-likeness (QED) is 0.0856. The van der Waals surface area contributed by atoms with Gasteiger partial charge in [0.05, 0.1) is 19.5 Å². The standard InChI is InChI=1S/C36H63N2/c1-3-5-7-9-11-13-15-17-19-21-26-30-37-32-33-38(36(37)34-35-28-24-23-25-29-35)31-27-22-20-18-16-14-12-10-8-6-4-2/h23-25,28-29,32-33H,3-22,26-27,30-31,34H2,1-2H3/q+1. The lowest BCUT2D eigenvalue weighted by molar-refractivity contribution is -0.703. The third kappa shape index (κ3) is 15.7. The van der Waals surface area contributed by atoms with Crippen LogP contribution in [0.1, 0.15) is 166 Å². The summed E-state index contributed by atoms with van der Waals surface area (Å²) in [5.74, 6) is 1.50. The minimum atomic E-state index is 1.05. The monoisotopic (exact) mass is 523 g/mol. The molecule has 0 bridgehead atoms. The molecular formula is C36H63N2+. The zero-order valence-electron chi connectivity index (χ0n) is 25.6. The average Bonchev–Trinajstić information content (AvgIpc) is 3.31. The Balaban J connectivity index is 1.66. The summed E-state index contributed by atoms with van der Waals surface area (Å²) in [4.78, 5) is 0. The maximum atomic E-state index is 2.55. The third-order valence-corrected chi connectivity index (χ3v) is 8.30. The zero-order chi connectivity index (χ0) is 26.9. The maximum Gasteiger partial charge on any atom is 0.260 e. The van der Waals surface area contributed by atoms with Gasteiger partial charge in [0.25, 0.3) is 5.82 Å². The van der Waals surface area contributed by atoms with Crippen LogP contribution in [0.4, 0.5) is 0 Å². The Hall–Kier alpha value is -1.57. The van der Waals surface area contributed by atoms with Gasteiger partial charge in [-0.25, -0.2) is 9.13 Å². The van der Waals surface area contributed by atoms with Crippen molar-refractivity contribution in [1.82, 2.24) is 4.57 Å². The summed E-state index contributed by atoms with van der Waals surface area (Å²) in [5.41, 5.74) is 1.43. The van der Waals surface area contributed by atoms with Crippen molar-refractivity contribution in [1.29, 1.82) is 0 Å². The number of aryl methyl sites for hydroxylation is 2. The first-order valence-corrected chi connectivity index (χ1v) is 17.0. The molecule has 0 radical (unpaired) electrons. The molecule has 1 aromatic carbocycles. The molecule has 2 rings (SSSR count). The Morgan fingerprint density at radius 1 is 0.526 bits per heavy atom. The van der Waals surface area contributed by atoms with Crippen molar-refractivity contribution in [2.24, 2.45) is 0 Å². The molecule has 0 fully saturated rings. The number of hydrogen-bond donors (Lipinski definition) is 0. The normalized spacial score (nSPS) is 11.4. The molecule has 2 aromatic rings. The first kappa shape index (κ1) is 32.6. The lowest BCUT2D eigenvalue weighted by Crippen LogP contribution is -2.37. The van der Waals surface area contributed by atoms with E-state index in [1.165, 1.54) is 166 Å². The van der Waals surface area contributed by atoms with E-state index in [2.05, 4.69) is 65.7 Å². The summed E-state index contributed by atoms with van der Waals surface area (Å²) < 4.78 is 5.11. The summed E-state index contributed by atoms with van der Waals surface area (Å²) in [6.45, 7) is 6.95. The number of unbranched alkanes of at least 4 members (excludes halogenated alkanes) is 20. The van der Waals surface area contributed by atoms with Crippen molar-refractivity contribution in [2.45, 2.75) is 175 Å². The van der Waals surface area contributed by atoms with Gasteiger partial charge in [-0.15, -0.1) is 0 Å². The molecule has 2 nitrogen and oxygen atoms in total. The minimum Gasteiger partial charge on any atom is -0.234 e. The van der Waals surface area contributed by atoms with Crippen LogP contribution in [0.3, 0.4) is 0 Å². The molecule has 0 spiro atoms. The van der Waals surface area contributed by atoms with Gasteiger partial charge in [0.1, 0.15) is 12.4 Å². The predicted molar refractivity (Wildman–Crippen MR) is 167 cm³/mol. The van der Waals surface area contributed by atoms with Gasteiger partial charge in [0, 0.05) is 0 Å². The highest BCUT2D eigenvalue weighted by atomic mass is 15.1. The van der Waals surface area contributed by atoms with Gasteiger partial charge >= 0.3 is 0 Å². The Kier molecular flexibility index (Phi) is 20.0. The zero-order valence-corrected chi connectivity index (χ0v) is 25.6. The van der Waals surface area contributed by atoms with Crippen molar-refractivity contribution >= 4 is 0 Å². The van der Waals surface area contributed by atoms with Crippen molar-refractivity contribution in [2.75, 3.05) is 0 Å². The van der Waals surface area contributed by atoms with Gasteiger partial charge in [-0.05, 0) is 31.2 Å². The summed E-state index contributed by atoms with van der Waals surface area (Å²) in [6, 6.07) is 11.1. The third-order valence-electron chi connectivity index (χ3n) is 8.30. The molecule has 0 saturated heterocycles. The summed E-state index contributed by atoms with van der Waals surface area (Å²) in [7, 11) is 0. The van der Waals surface area contributed by atoms with Crippen LogP contribution in [-0.2, 0) is 19.5 Å².